The minimum Gasteiger partial charge on any atom is -0.278 e. The highest BCUT2D eigenvalue weighted by atomic mass is 79.9. The quantitative estimate of drug-likeness (QED) is 0.636. The van der Waals surface area contributed by atoms with Gasteiger partial charge in [0.1, 0.15) is 12.3 Å². The third-order valence-corrected chi connectivity index (χ3v) is 2.36. The van der Waals surface area contributed by atoms with Crippen LogP contribution in [-0.2, 0) is 0 Å². The maximum Gasteiger partial charge on any atom is 0.124 e. The summed E-state index contributed by atoms with van der Waals surface area (Å²) in [7, 11) is 0. The van der Waals surface area contributed by atoms with E-state index < -0.39 is 0 Å². The number of aryl methyl sites for hydroxylation is 1. The van der Waals surface area contributed by atoms with E-state index in [0.29, 0.717) is 0 Å². The van der Waals surface area contributed by atoms with E-state index >= 15 is 0 Å². The zero-order chi connectivity index (χ0) is 9.68. The summed E-state index contributed by atoms with van der Waals surface area (Å²) in [5.41, 5.74) is 4.73. The maximum atomic E-state index is 8.20. The van der Waals surface area contributed by atoms with Gasteiger partial charge in [-0.25, -0.2) is 0 Å². The molecule has 0 heterocycles. The summed E-state index contributed by atoms with van der Waals surface area (Å²) < 4.78 is 1.06. The monoisotopic (exact) mass is 237 g/mol. The van der Waals surface area contributed by atoms with Gasteiger partial charge in [-0.3, -0.25) is 5.43 Å². The average Bonchev–Trinajstić information content (AvgIpc) is 2.12. The molecule has 0 saturated heterocycles. The van der Waals surface area contributed by atoms with Crippen molar-refractivity contribution in [2.75, 3.05) is 5.43 Å². The second-order valence-corrected chi connectivity index (χ2v) is 3.32. The zero-order valence-electron chi connectivity index (χ0n) is 7.08. The fraction of sp³-hybridized carbons (Fsp3) is 0.111. The van der Waals surface area contributed by atoms with Gasteiger partial charge in [-0.1, -0.05) is 15.9 Å². The standard InChI is InChI=1S/C9H8BrN3/c1-7-6-8(2-3-9(7)10)13-12-5-4-11/h2-3,5-6,13H,1H3/b12-5+. The van der Waals surface area contributed by atoms with Crippen LogP contribution in [-0.4, -0.2) is 6.21 Å². The number of hydrazone groups is 1. The maximum absolute atomic E-state index is 8.20. The molecule has 0 radical (unpaired) electrons. The summed E-state index contributed by atoms with van der Waals surface area (Å²) in [6.07, 6.45) is 1.15. The highest BCUT2D eigenvalue weighted by molar-refractivity contribution is 9.10. The van der Waals surface area contributed by atoms with Gasteiger partial charge < -0.3 is 0 Å². The third kappa shape index (κ3) is 2.88. The third-order valence-electron chi connectivity index (χ3n) is 1.47. The number of halogens is 1. The molecular formula is C9H8BrN3. The molecule has 0 fully saturated rings. The van der Waals surface area contributed by atoms with Crippen molar-refractivity contribution >= 4 is 27.8 Å². The van der Waals surface area contributed by atoms with Gasteiger partial charge in [-0.2, -0.15) is 10.4 Å². The van der Waals surface area contributed by atoms with Crippen molar-refractivity contribution in [2.45, 2.75) is 6.92 Å². The predicted octanol–water partition coefficient (Wildman–Crippen LogP) is 2.68. The van der Waals surface area contributed by atoms with E-state index in [-0.39, 0.29) is 0 Å². The van der Waals surface area contributed by atoms with E-state index in [2.05, 4.69) is 26.5 Å². The molecule has 4 heteroatoms. The summed E-state index contributed by atoms with van der Waals surface area (Å²) in [6, 6.07) is 7.55. The van der Waals surface area contributed by atoms with Crippen LogP contribution in [0.15, 0.2) is 27.8 Å². The summed E-state index contributed by atoms with van der Waals surface area (Å²) >= 11 is 3.39. The molecule has 1 N–H and O–H groups in total. The van der Waals surface area contributed by atoms with Gasteiger partial charge >= 0.3 is 0 Å². The Kier molecular flexibility index (Phi) is 3.47. The zero-order valence-corrected chi connectivity index (χ0v) is 8.67. The smallest absolute Gasteiger partial charge is 0.124 e. The number of hydrogen-bond acceptors (Lipinski definition) is 3. The second kappa shape index (κ2) is 4.63. The molecule has 0 aromatic heterocycles. The molecule has 0 unspecified atom stereocenters. The lowest BCUT2D eigenvalue weighted by Crippen LogP contribution is -1.89. The topological polar surface area (TPSA) is 48.2 Å². The SMILES string of the molecule is Cc1cc(N/N=C/C#N)ccc1Br. The molecule has 0 amide bonds. The van der Waals surface area contributed by atoms with E-state index in [9.17, 15) is 0 Å². The van der Waals surface area contributed by atoms with Crippen molar-refractivity contribution in [3.05, 3.63) is 28.2 Å². The van der Waals surface area contributed by atoms with Crippen molar-refractivity contribution in [3.63, 3.8) is 0 Å². The number of nitriles is 1. The Hall–Kier alpha value is -1.34. The highest BCUT2D eigenvalue weighted by Gasteiger charge is 1.94. The molecule has 0 bridgehead atoms. The Morgan fingerprint density at radius 2 is 2.38 bits per heavy atom. The normalized spacial score (nSPS) is 9.92. The van der Waals surface area contributed by atoms with E-state index in [1.807, 2.05) is 25.1 Å². The van der Waals surface area contributed by atoms with Crippen molar-refractivity contribution in [1.29, 1.82) is 5.26 Å². The van der Waals surface area contributed by atoms with Crippen LogP contribution in [0.1, 0.15) is 5.56 Å². The number of hydrogen-bond donors (Lipinski definition) is 1. The fourth-order valence-corrected chi connectivity index (χ4v) is 1.10. The highest BCUT2D eigenvalue weighted by Crippen LogP contribution is 2.19. The minimum absolute atomic E-state index is 0.868. The Labute approximate surface area is 85.2 Å². The lowest BCUT2D eigenvalue weighted by atomic mass is 10.2. The van der Waals surface area contributed by atoms with Crippen molar-refractivity contribution in [2.24, 2.45) is 5.10 Å². The molecule has 0 aliphatic carbocycles. The summed E-state index contributed by atoms with van der Waals surface area (Å²) in [5.74, 6) is 0. The van der Waals surface area contributed by atoms with E-state index in [0.717, 1.165) is 21.9 Å². The molecule has 1 aromatic carbocycles. The molecule has 0 aliphatic heterocycles. The van der Waals surface area contributed by atoms with Gasteiger partial charge in [0.2, 0.25) is 0 Å². The van der Waals surface area contributed by atoms with Crippen molar-refractivity contribution < 1.29 is 0 Å². The first-order valence-electron chi connectivity index (χ1n) is 3.67. The molecule has 1 aromatic rings. The van der Waals surface area contributed by atoms with Crippen LogP contribution in [0.4, 0.5) is 5.69 Å². The van der Waals surface area contributed by atoms with E-state index in [1.165, 1.54) is 0 Å². The van der Waals surface area contributed by atoms with E-state index in [1.54, 1.807) is 6.07 Å². The van der Waals surface area contributed by atoms with Gasteiger partial charge in [0.15, 0.2) is 0 Å². The minimum atomic E-state index is 0.868. The lowest BCUT2D eigenvalue weighted by Gasteiger charge is -2.02. The molecule has 0 aliphatic rings. The number of rotatable bonds is 2. The van der Waals surface area contributed by atoms with Crippen LogP contribution in [0.2, 0.25) is 0 Å². The van der Waals surface area contributed by atoms with E-state index in [4.69, 9.17) is 5.26 Å². The number of nitrogens with zero attached hydrogens (tertiary/aromatic N) is 2. The van der Waals surface area contributed by atoms with Crippen LogP contribution in [0.25, 0.3) is 0 Å². The van der Waals surface area contributed by atoms with Crippen LogP contribution in [0.5, 0.6) is 0 Å². The lowest BCUT2D eigenvalue weighted by molar-refractivity contribution is 1.32. The van der Waals surface area contributed by atoms with Crippen LogP contribution >= 0.6 is 15.9 Å². The van der Waals surface area contributed by atoms with Crippen LogP contribution < -0.4 is 5.43 Å². The van der Waals surface area contributed by atoms with Gasteiger partial charge in [-0.05, 0) is 30.7 Å². The van der Waals surface area contributed by atoms with Crippen molar-refractivity contribution in [1.82, 2.24) is 0 Å². The first-order valence-corrected chi connectivity index (χ1v) is 4.46. The molecule has 1 rings (SSSR count). The Morgan fingerprint density at radius 1 is 1.62 bits per heavy atom. The van der Waals surface area contributed by atoms with Gasteiger partial charge in [0.05, 0.1) is 5.69 Å². The molecule has 0 atom stereocenters. The predicted molar refractivity (Wildman–Crippen MR) is 56.6 cm³/mol. The molecule has 0 spiro atoms. The summed E-state index contributed by atoms with van der Waals surface area (Å²) in [4.78, 5) is 0. The van der Waals surface area contributed by atoms with Gasteiger partial charge in [0, 0.05) is 4.47 Å². The van der Waals surface area contributed by atoms with Crippen molar-refractivity contribution in [3.8, 4) is 6.07 Å². The summed E-state index contributed by atoms with van der Waals surface area (Å²) in [6.45, 7) is 1.99. The molecule has 3 nitrogen and oxygen atoms in total. The number of anilines is 1. The molecule has 13 heavy (non-hydrogen) atoms. The first-order chi connectivity index (χ1) is 6.24. The molecular weight excluding hydrogens is 230 g/mol. The van der Waals surface area contributed by atoms with Gasteiger partial charge in [-0.15, -0.1) is 0 Å². The average molecular weight is 238 g/mol. The number of benzene rings is 1. The Morgan fingerprint density at radius 3 is 3.00 bits per heavy atom. The molecule has 66 valence electrons. The van der Waals surface area contributed by atoms with Gasteiger partial charge in [0.25, 0.3) is 0 Å². The molecule has 0 saturated carbocycles. The Balaban J connectivity index is 2.75. The largest absolute Gasteiger partial charge is 0.278 e. The summed E-state index contributed by atoms with van der Waals surface area (Å²) in [5, 5.41) is 11.9. The second-order valence-electron chi connectivity index (χ2n) is 2.46. The van der Waals surface area contributed by atoms with Crippen LogP contribution in [0.3, 0.4) is 0 Å². The number of nitrogens with one attached hydrogen (secondary N) is 1. The fourth-order valence-electron chi connectivity index (χ4n) is 0.850. The van der Waals surface area contributed by atoms with Crippen LogP contribution in [0, 0.1) is 18.3 Å². The Bertz CT molecular complexity index is 366. The first kappa shape index (κ1) is 9.75.